The molecule has 3 rings (SSSR count). The fourth-order valence-electron chi connectivity index (χ4n) is 2.77. The third-order valence-electron chi connectivity index (χ3n) is 3.95. The molecule has 1 fully saturated rings. The first kappa shape index (κ1) is 17.0. The summed E-state index contributed by atoms with van der Waals surface area (Å²) < 4.78 is 20.0. The predicted molar refractivity (Wildman–Crippen MR) is 83.2 cm³/mol. The molecule has 0 radical (unpaired) electrons. The van der Waals surface area contributed by atoms with E-state index < -0.39 is 12.0 Å². The zero-order valence-electron chi connectivity index (χ0n) is 13.3. The van der Waals surface area contributed by atoms with Crippen LogP contribution in [0.1, 0.15) is 34.9 Å². The number of nitrogens with zero attached hydrogens (tertiary/aromatic N) is 3. The van der Waals surface area contributed by atoms with Crippen molar-refractivity contribution < 1.29 is 23.8 Å². The van der Waals surface area contributed by atoms with Crippen molar-refractivity contribution in [3.8, 4) is 0 Å². The second-order valence-electron chi connectivity index (χ2n) is 5.75. The summed E-state index contributed by atoms with van der Waals surface area (Å²) in [5.41, 5.74) is 0.508. The number of hydrogen-bond acceptors (Lipinski definition) is 5. The number of aromatic nitrogens is 3. The molecule has 2 atom stereocenters. The van der Waals surface area contributed by atoms with E-state index in [0.717, 1.165) is 23.1 Å². The normalized spacial score (nSPS) is 18.0. The molecule has 1 amide bonds. The van der Waals surface area contributed by atoms with Gasteiger partial charge in [0.2, 0.25) is 5.91 Å². The smallest absolute Gasteiger partial charge is 0.358 e. The summed E-state index contributed by atoms with van der Waals surface area (Å²) in [6, 6.07) is 5.47. The molecule has 25 heavy (non-hydrogen) atoms. The van der Waals surface area contributed by atoms with Crippen molar-refractivity contribution in [2.75, 3.05) is 6.61 Å². The Morgan fingerprint density at radius 3 is 2.76 bits per heavy atom. The Morgan fingerprint density at radius 2 is 2.16 bits per heavy atom. The van der Waals surface area contributed by atoms with Crippen LogP contribution in [0, 0.1) is 5.82 Å². The van der Waals surface area contributed by atoms with Crippen LogP contribution >= 0.6 is 0 Å². The number of carboxylic acid groups (broad SMARTS) is 1. The van der Waals surface area contributed by atoms with Gasteiger partial charge in [-0.2, -0.15) is 0 Å². The lowest BCUT2D eigenvalue weighted by Crippen LogP contribution is -2.38. The molecule has 0 spiro atoms. The molecule has 1 aliphatic rings. The molecule has 1 aromatic heterocycles. The van der Waals surface area contributed by atoms with E-state index in [4.69, 9.17) is 9.84 Å². The molecule has 2 heterocycles. The average Bonchev–Trinajstić information content (AvgIpc) is 3.25. The first-order chi connectivity index (χ1) is 12.0. The van der Waals surface area contributed by atoms with Gasteiger partial charge in [0.05, 0.1) is 18.3 Å². The summed E-state index contributed by atoms with van der Waals surface area (Å²) >= 11 is 0. The first-order valence-electron chi connectivity index (χ1n) is 7.83. The van der Waals surface area contributed by atoms with Crippen molar-refractivity contribution >= 4 is 11.9 Å². The molecular formula is C16H17FN4O4. The van der Waals surface area contributed by atoms with Crippen LogP contribution in [0.4, 0.5) is 4.39 Å². The van der Waals surface area contributed by atoms with Gasteiger partial charge < -0.3 is 15.2 Å². The Kier molecular flexibility index (Phi) is 5.03. The number of carboxylic acids is 1. The van der Waals surface area contributed by atoms with Gasteiger partial charge in [0, 0.05) is 6.61 Å². The Hall–Kier alpha value is -2.81. The number of nitrogens with one attached hydrogen (secondary N) is 1. The Balaban J connectivity index is 1.71. The number of halogens is 1. The minimum atomic E-state index is -1.21. The zero-order valence-corrected chi connectivity index (χ0v) is 13.3. The predicted octanol–water partition coefficient (Wildman–Crippen LogP) is 1.15. The van der Waals surface area contributed by atoms with Crippen LogP contribution in [0.15, 0.2) is 30.5 Å². The van der Waals surface area contributed by atoms with Crippen LogP contribution in [-0.2, 0) is 16.1 Å². The molecule has 2 N–H and O–H groups in total. The molecule has 1 aliphatic heterocycles. The molecule has 0 bridgehead atoms. The van der Waals surface area contributed by atoms with Crippen molar-refractivity contribution in [3.05, 3.63) is 47.5 Å². The van der Waals surface area contributed by atoms with E-state index >= 15 is 0 Å². The fraction of sp³-hybridized carbons (Fsp3) is 0.375. The highest BCUT2D eigenvalue weighted by atomic mass is 19.1. The molecule has 1 saturated heterocycles. The van der Waals surface area contributed by atoms with Gasteiger partial charge in [-0.25, -0.2) is 13.9 Å². The van der Waals surface area contributed by atoms with Crippen LogP contribution in [-0.4, -0.2) is 44.7 Å². The summed E-state index contributed by atoms with van der Waals surface area (Å²) in [6.07, 6.45) is 2.67. The second-order valence-corrected chi connectivity index (χ2v) is 5.75. The molecule has 1 aromatic carbocycles. The number of hydrogen-bond donors (Lipinski definition) is 2. The summed E-state index contributed by atoms with van der Waals surface area (Å²) in [5, 5.41) is 18.8. The Labute approximate surface area is 142 Å². The second kappa shape index (κ2) is 7.39. The van der Waals surface area contributed by atoms with E-state index in [2.05, 4.69) is 15.6 Å². The van der Waals surface area contributed by atoms with E-state index in [0.29, 0.717) is 6.61 Å². The maximum absolute atomic E-state index is 13.2. The number of benzene rings is 1. The molecule has 2 unspecified atom stereocenters. The largest absolute Gasteiger partial charge is 0.476 e. The van der Waals surface area contributed by atoms with Crippen LogP contribution in [0.25, 0.3) is 0 Å². The minimum absolute atomic E-state index is 0.176. The van der Waals surface area contributed by atoms with E-state index in [1.54, 1.807) is 12.1 Å². The van der Waals surface area contributed by atoms with E-state index in [1.807, 2.05) is 0 Å². The van der Waals surface area contributed by atoms with Crippen LogP contribution in [0.3, 0.4) is 0 Å². The van der Waals surface area contributed by atoms with Crippen LogP contribution in [0.2, 0.25) is 0 Å². The maximum atomic E-state index is 13.2. The van der Waals surface area contributed by atoms with Crippen molar-refractivity contribution in [1.29, 1.82) is 0 Å². The van der Waals surface area contributed by atoms with Crippen molar-refractivity contribution in [2.45, 2.75) is 31.5 Å². The van der Waals surface area contributed by atoms with Gasteiger partial charge in [-0.1, -0.05) is 17.3 Å². The molecule has 8 nitrogen and oxygen atoms in total. The van der Waals surface area contributed by atoms with Crippen molar-refractivity contribution in [1.82, 2.24) is 20.3 Å². The summed E-state index contributed by atoms with van der Waals surface area (Å²) in [6.45, 7) is 0.438. The van der Waals surface area contributed by atoms with Crippen LogP contribution in [0.5, 0.6) is 0 Å². The van der Waals surface area contributed by atoms with Gasteiger partial charge >= 0.3 is 5.97 Å². The van der Waals surface area contributed by atoms with Gasteiger partial charge in [0.25, 0.3) is 0 Å². The van der Waals surface area contributed by atoms with E-state index in [-0.39, 0.29) is 30.1 Å². The highest BCUT2D eigenvalue weighted by Gasteiger charge is 2.29. The number of aromatic carboxylic acids is 1. The number of amides is 1. The number of carbonyl (C=O) groups excluding carboxylic acids is 1. The highest BCUT2D eigenvalue weighted by Crippen LogP contribution is 2.27. The highest BCUT2D eigenvalue weighted by molar-refractivity contribution is 5.84. The third-order valence-corrected chi connectivity index (χ3v) is 3.95. The van der Waals surface area contributed by atoms with Gasteiger partial charge in [-0.3, -0.25) is 4.79 Å². The molecular weight excluding hydrogens is 331 g/mol. The lowest BCUT2D eigenvalue weighted by atomic mass is 9.99. The Morgan fingerprint density at radius 1 is 1.40 bits per heavy atom. The lowest BCUT2D eigenvalue weighted by Gasteiger charge is -2.24. The van der Waals surface area contributed by atoms with Crippen molar-refractivity contribution in [2.24, 2.45) is 0 Å². The molecule has 0 aliphatic carbocycles. The maximum Gasteiger partial charge on any atom is 0.358 e. The van der Waals surface area contributed by atoms with Gasteiger partial charge in [-0.05, 0) is 30.5 Å². The van der Waals surface area contributed by atoms with E-state index in [1.165, 1.54) is 18.3 Å². The average molecular weight is 348 g/mol. The first-order valence-corrected chi connectivity index (χ1v) is 7.83. The standard InChI is InChI=1S/C16H17FN4O4/c17-11-5-3-10(4-6-11)15(13-2-1-7-25-13)18-14(22)9-21-8-12(16(23)24)19-20-21/h3-6,8,13,15H,1-2,7,9H2,(H,18,22)(H,23,24). The van der Waals surface area contributed by atoms with Gasteiger partial charge in [-0.15, -0.1) is 5.10 Å². The molecule has 2 aromatic rings. The summed E-state index contributed by atoms with van der Waals surface area (Å²) in [7, 11) is 0. The minimum Gasteiger partial charge on any atom is -0.476 e. The zero-order chi connectivity index (χ0) is 17.8. The molecule has 0 saturated carbocycles. The topological polar surface area (TPSA) is 106 Å². The molecule has 132 valence electrons. The third kappa shape index (κ3) is 4.18. The molecule has 9 heteroatoms. The quantitative estimate of drug-likeness (QED) is 0.811. The van der Waals surface area contributed by atoms with Crippen LogP contribution < -0.4 is 5.32 Å². The number of carbonyl (C=O) groups is 2. The van der Waals surface area contributed by atoms with E-state index in [9.17, 15) is 14.0 Å². The van der Waals surface area contributed by atoms with Crippen molar-refractivity contribution in [3.63, 3.8) is 0 Å². The fourth-order valence-corrected chi connectivity index (χ4v) is 2.77. The van der Waals surface area contributed by atoms with Gasteiger partial charge in [0.15, 0.2) is 5.69 Å². The SMILES string of the molecule is O=C(Cn1cc(C(=O)O)nn1)NC(c1ccc(F)cc1)C1CCCO1. The monoisotopic (exact) mass is 348 g/mol. The number of rotatable bonds is 6. The lowest BCUT2D eigenvalue weighted by molar-refractivity contribution is -0.123. The number of ether oxygens (including phenoxy) is 1. The summed E-state index contributed by atoms with van der Waals surface area (Å²) in [4.78, 5) is 23.1. The Bertz CT molecular complexity index is 756. The summed E-state index contributed by atoms with van der Waals surface area (Å²) in [5.74, 6) is -1.94. The van der Waals surface area contributed by atoms with Gasteiger partial charge in [0.1, 0.15) is 12.4 Å².